The molecule has 7 aromatic carbocycles. The van der Waals surface area contributed by atoms with Crippen LogP contribution in [0.2, 0.25) is 0 Å². The SMILES string of the molecule is C1=c2ccccc2=C(n2c3ccccc3c3c2c2c4ccccc4c4ccccc4c2n3-c2ccc(-c3ccccc3)cc2)NC1. The Morgan fingerprint density at radius 3 is 1.85 bits per heavy atom. The van der Waals surface area contributed by atoms with Gasteiger partial charge in [-0.1, -0.05) is 140 Å². The molecule has 0 radical (unpaired) electrons. The van der Waals surface area contributed by atoms with Gasteiger partial charge in [-0.2, -0.15) is 0 Å². The molecule has 9 aromatic rings. The van der Waals surface area contributed by atoms with Crippen LogP contribution in [-0.4, -0.2) is 15.7 Å². The predicted molar refractivity (Wildman–Crippen MR) is 194 cm³/mol. The smallest absolute Gasteiger partial charge is 0.119 e. The van der Waals surface area contributed by atoms with Crippen LogP contribution in [-0.2, 0) is 0 Å². The van der Waals surface area contributed by atoms with Gasteiger partial charge in [-0.05, 0) is 50.7 Å². The van der Waals surface area contributed by atoms with Crippen molar-refractivity contribution in [2.45, 2.75) is 0 Å². The van der Waals surface area contributed by atoms with E-state index >= 15 is 0 Å². The van der Waals surface area contributed by atoms with Gasteiger partial charge in [0.1, 0.15) is 5.82 Å². The number of rotatable bonds is 3. The number of benzene rings is 7. The monoisotopic (exact) mass is 587 g/mol. The second kappa shape index (κ2) is 9.72. The Kier molecular flexibility index (Phi) is 5.34. The number of nitrogens with zero attached hydrogens (tertiary/aromatic N) is 2. The topological polar surface area (TPSA) is 21.9 Å². The second-order valence-corrected chi connectivity index (χ2v) is 12.1. The standard InChI is InChI=1S/C43H29N3/c1-2-12-28(13-3-1)29-22-24-31(25-23-29)45-40-36-19-9-7-17-34(36)33-16-6-8-18-35(33)39(40)42-41(45)37-20-10-11-21-38(37)46(42)43-32-15-5-4-14-30(32)26-27-44-43/h1-26,44H,27H2. The lowest BCUT2D eigenvalue weighted by atomic mass is 9.97. The fourth-order valence-corrected chi connectivity index (χ4v) is 7.75. The molecule has 0 saturated heterocycles. The molecule has 0 fully saturated rings. The van der Waals surface area contributed by atoms with Crippen LogP contribution >= 0.6 is 0 Å². The van der Waals surface area contributed by atoms with E-state index in [1.54, 1.807) is 0 Å². The Bertz CT molecular complexity index is 2780. The molecule has 3 nitrogen and oxygen atoms in total. The predicted octanol–water partition coefficient (Wildman–Crippen LogP) is 8.71. The first-order valence-corrected chi connectivity index (χ1v) is 15.9. The summed E-state index contributed by atoms with van der Waals surface area (Å²) in [5.74, 6) is 1.13. The molecule has 3 heteroatoms. The van der Waals surface area contributed by atoms with Gasteiger partial charge >= 0.3 is 0 Å². The number of nitrogens with one attached hydrogen (secondary N) is 1. The third-order valence-electron chi connectivity index (χ3n) is 9.70. The molecule has 0 amide bonds. The molecular formula is C43H29N3. The van der Waals surface area contributed by atoms with Crippen LogP contribution in [0.25, 0.3) is 83.1 Å². The van der Waals surface area contributed by atoms with Gasteiger partial charge in [-0.3, -0.25) is 4.57 Å². The minimum Gasteiger partial charge on any atom is -0.367 e. The zero-order chi connectivity index (χ0) is 30.2. The summed E-state index contributed by atoms with van der Waals surface area (Å²) in [6.45, 7) is 0.781. The van der Waals surface area contributed by atoms with Crippen molar-refractivity contribution in [2.75, 3.05) is 6.54 Å². The van der Waals surface area contributed by atoms with E-state index in [1.807, 2.05) is 0 Å². The molecule has 0 atom stereocenters. The van der Waals surface area contributed by atoms with Gasteiger partial charge in [-0.25, -0.2) is 0 Å². The summed E-state index contributed by atoms with van der Waals surface area (Å²) in [6, 6.07) is 55.1. The lowest BCUT2D eigenvalue weighted by Crippen LogP contribution is -2.39. The molecule has 1 aliphatic heterocycles. The maximum Gasteiger partial charge on any atom is 0.119 e. The van der Waals surface area contributed by atoms with Crippen molar-refractivity contribution in [2.24, 2.45) is 0 Å². The van der Waals surface area contributed by atoms with Crippen molar-refractivity contribution in [1.82, 2.24) is 14.5 Å². The zero-order valence-electron chi connectivity index (χ0n) is 25.1. The fourth-order valence-electron chi connectivity index (χ4n) is 7.75. The van der Waals surface area contributed by atoms with Gasteiger partial charge in [-0.15, -0.1) is 0 Å². The van der Waals surface area contributed by atoms with Crippen molar-refractivity contribution in [1.29, 1.82) is 0 Å². The summed E-state index contributed by atoms with van der Waals surface area (Å²) in [6.07, 6.45) is 2.28. The van der Waals surface area contributed by atoms with E-state index in [1.165, 1.54) is 75.9 Å². The highest BCUT2D eigenvalue weighted by Gasteiger charge is 2.26. The molecule has 2 aromatic heterocycles. The van der Waals surface area contributed by atoms with Gasteiger partial charge in [0, 0.05) is 33.6 Å². The molecule has 10 rings (SSSR count). The average molecular weight is 588 g/mol. The lowest BCUT2D eigenvalue weighted by molar-refractivity contribution is 0.927. The van der Waals surface area contributed by atoms with Crippen LogP contribution < -0.4 is 15.8 Å². The molecule has 0 aliphatic carbocycles. The van der Waals surface area contributed by atoms with Gasteiger partial charge in [0.25, 0.3) is 0 Å². The maximum absolute atomic E-state index is 3.80. The highest BCUT2D eigenvalue weighted by Crippen LogP contribution is 2.46. The zero-order valence-corrected chi connectivity index (χ0v) is 25.1. The van der Waals surface area contributed by atoms with E-state index in [0.717, 1.165) is 18.1 Å². The van der Waals surface area contributed by atoms with Crippen LogP contribution in [0.4, 0.5) is 0 Å². The minimum atomic E-state index is 0.781. The summed E-state index contributed by atoms with van der Waals surface area (Å²) >= 11 is 0. The van der Waals surface area contributed by atoms with Crippen molar-refractivity contribution in [3.05, 3.63) is 162 Å². The van der Waals surface area contributed by atoms with Gasteiger partial charge in [0.15, 0.2) is 0 Å². The Balaban J connectivity index is 1.46. The number of para-hydroxylation sites is 1. The van der Waals surface area contributed by atoms with Crippen LogP contribution in [0.3, 0.4) is 0 Å². The molecule has 46 heavy (non-hydrogen) atoms. The number of hydrogen-bond donors (Lipinski definition) is 1. The first kappa shape index (κ1) is 25.3. The van der Waals surface area contributed by atoms with Crippen LogP contribution in [0.5, 0.6) is 0 Å². The van der Waals surface area contributed by atoms with E-state index in [2.05, 4.69) is 172 Å². The van der Waals surface area contributed by atoms with Crippen molar-refractivity contribution in [3.8, 4) is 16.8 Å². The molecule has 1 aliphatic rings. The minimum absolute atomic E-state index is 0.781. The van der Waals surface area contributed by atoms with Crippen LogP contribution in [0.15, 0.2) is 152 Å². The molecule has 0 spiro atoms. The van der Waals surface area contributed by atoms with E-state index < -0.39 is 0 Å². The Hall–Kier alpha value is -6.06. The Labute approximate surface area is 265 Å². The van der Waals surface area contributed by atoms with Crippen LogP contribution in [0.1, 0.15) is 0 Å². The van der Waals surface area contributed by atoms with Gasteiger partial charge in [0.05, 0.1) is 22.1 Å². The van der Waals surface area contributed by atoms with Crippen molar-refractivity contribution >= 4 is 66.3 Å². The van der Waals surface area contributed by atoms with Gasteiger partial charge in [0.2, 0.25) is 0 Å². The van der Waals surface area contributed by atoms with Gasteiger partial charge < -0.3 is 9.88 Å². The molecule has 1 N–H and O–H groups in total. The average Bonchev–Trinajstić information content (AvgIpc) is 3.65. The summed E-state index contributed by atoms with van der Waals surface area (Å²) in [5.41, 5.74) is 8.47. The largest absolute Gasteiger partial charge is 0.367 e. The van der Waals surface area contributed by atoms with E-state index in [9.17, 15) is 0 Å². The Morgan fingerprint density at radius 2 is 1.04 bits per heavy atom. The summed E-state index contributed by atoms with van der Waals surface area (Å²) < 4.78 is 5.02. The molecular weight excluding hydrogens is 558 g/mol. The highest BCUT2D eigenvalue weighted by molar-refractivity contribution is 6.34. The third-order valence-corrected chi connectivity index (χ3v) is 9.70. The maximum atomic E-state index is 3.80. The molecule has 216 valence electrons. The first-order valence-electron chi connectivity index (χ1n) is 15.9. The van der Waals surface area contributed by atoms with Crippen LogP contribution in [0, 0.1) is 0 Å². The fraction of sp³-hybridized carbons (Fsp3) is 0.0233. The van der Waals surface area contributed by atoms with Crippen molar-refractivity contribution in [3.63, 3.8) is 0 Å². The number of aromatic nitrogens is 2. The Morgan fingerprint density at radius 1 is 0.435 bits per heavy atom. The second-order valence-electron chi connectivity index (χ2n) is 12.1. The van der Waals surface area contributed by atoms with Crippen molar-refractivity contribution < 1.29 is 0 Å². The normalized spacial score (nSPS) is 13.0. The lowest BCUT2D eigenvalue weighted by Gasteiger charge is -2.18. The summed E-state index contributed by atoms with van der Waals surface area (Å²) in [5, 5.41) is 13.8. The van der Waals surface area contributed by atoms with E-state index in [-0.39, 0.29) is 0 Å². The molecule has 0 unspecified atom stereocenters. The summed E-state index contributed by atoms with van der Waals surface area (Å²) in [4.78, 5) is 0. The summed E-state index contributed by atoms with van der Waals surface area (Å²) in [7, 11) is 0. The number of fused-ring (bicyclic) bond motifs is 11. The first-order chi connectivity index (χ1) is 22.9. The van der Waals surface area contributed by atoms with E-state index in [4.69, 9.17) is 0 Å². The molecule has 0 bridgehead atoms. The highest BCUT2D eigenvalue weighted by atomic mass is 15.2. The van der Waals surface area contributed by atoms with E-state index in [0.29, 0.717) is 0 Å². The molecule has 0 saturated carbocycles. The molecule has 3 heterocycles. The third kappa shape index (κ3) is 3.48. The number of hydrogen-bond acceptors (Lipinski definition) is 1. The quantitative estimate of drug-likeness (QED) is 0.205.